The van der Waals surface area contributed by atoms with Crippen LogP contribution in [0.25, 0.3) is 11.0 Å². The summed E-state index contributed by atoms with van der Waals surface area (Å²) in [5.74, 6) is 0.544. The minimum absolute atomic E-state index is 0.188. The number of hydrogen-bond acceptors (Lipinski definition) is 5. The third-order valence-corrected chi connectivity index (χ3v) is 2.57. The lowest BCUT2D eigenvalue weighted by Crippen LogP contribution is -2.23. The van der Waals surface area contributed by atoms with Crippen LogP contribution in [0.4, 0.5) is 5.69 Å². The largest absolute Gasteiger partial charge is 0.495 e. The van der Waals surface area contributed by atoms with Crippen molar-refractivity contribution in [1.29, 1.82) is 0 Å². The molecule has 0 saturated heterocycles. The van der Waals surface area contributed by atoms with Crippen molar-refractivity contribution >= 4 is 16.7 Å². The second-order valence-corrected chi connectivity index (χ2v) is 3.89. The van der Waals surface area contributed by atoms with Crippen molar-refractivity contribution in [3.8, 4) is 5.75 Å². The minimum Gasteiger partial charge on any atom is -0.495 e. The molecule has 2 rings (SSSR count). The van der Waals surface area contributed by atoms with E-state index in [-0.39, 0.29) is 18.8 Å². The molecule has 1 aromatic carbocycles. The summed E-state index contributed by atoms with van der Waals surface area (Å²) in [7, 11) is 1.51. The van der Waals surface area contributed by atoms with Crippen molar-refractivity contribution in [3.63, 3.8) is 0 Å². The molecule has 0 radical (unpaired) electrons. The molecule has 0 aliphatic rings. The molecule has 98 valence electrons. The number of rotatable bonds is 5. The Labute approximate surface area is 102 Å². The normalized spacial score (nSPS) is 12.6. The number of H-pyrrole nitrogens is 2. The lowest BCUT2D eigenvalue weighted by molar-refractivity contribution is 0.105. The Kier molecular flexibility index (Phi) is 3.54. The number of aliphatic hydroxyl groups is 2. The standard InChI is InChI=1S/C11H15N3O4/c1-18-10-3-8-7(13-11(17)14-8)2-9(10)12-4-6(16)5-15/h2-3,6,12,15-16H,4-5H2,1H3,(H2,13,14,17). The first-order chi connectivity index (χ1) is 8.63. The van der Waals surface area contributed by atoms with Crippen molar-refractivity contribution in [2.24, 2.45) is 0 Å². The van der Waals surface area contributed by atoms with Gasteiger partial charge >= 0.3 is 5.69 Å². The van der Waals surface area contributed by atoms with E-state index in [1.165, 1.54) is 7.11 Å². The fourth-order valence-electron chi connectivity index (χ4n) is 1.66. The highest BCUT2D eigenvalue weighted by atomic mass is 16.5. The molecule has 0 fully saturated rings. The molecule has 7 nitrogen and oxygen atoms in total. The Morgan fingerprint density at radius 3 is 2.67 bits per heavy atom. The predicted molar refractivity (Wildman–Crippen MR) is 67.1 cm³/mol. The van der Waals surface area contributed by atoms with Crippen molar-refractivity contribution in [3.05, 3.63) is 22.6 Å². The highest BCUT2D eigenvalue weighted by Gasteiger charge is 2.09. The predicted octanol–water partition coefficient (Wildman–Crippen LogP) is -0.370. The molecule has 7 heteroatoms. The molecule has 0 amide bonds. The smallest absolute Gasteiger partial charge is 0.323 e. The summed E-state index contributed by atoms with van der Waals surface area (Å²) in [5, 5.41) is 21.0. The number of fused-ring (bicyclic) bond motifs is 1. The maximum Gasteiger partial charge on any atom is 0.323 e. The van der Waals surface area contributed by atoms with E-state index < -0.39 is 6.10 Å². The summed E-state index contributed by atoms with van der Waals surface area (Å²) >= 11 is 0. The molecule has 0 aliphatic heterocycles. The number of hydrogen-bond donors (Lipinski definition) is 5. The van der Waals surface area contributed by atoms with Gasteiger partial charge in [0.15, 0.2) is 0 Å². The van der Waals surface area contributed by atoms with E-state index >= 15 is 0 Å². The number of ether oxygens (including phenoxy) is 1. The van der Waals surface area contributed by atoms with E-state index in [0.717, 1.165) is 0 Å². The highest BCUT2D eigenvalue weighted by molar-refractivity contribution is 5.82. The van der Waals surface area contributed by atoms with Crippen molar-refractivity contribution in [2.45, 2.75) is 6.10 Å². The zero-order valence-electron chi connectivity index (χ0n) is 9.86. The zero-order chi connectivity index (χ0) is 13.1. The molecule has 0 spiro atoms. The number of aromatic amines is 2. The quantitative estimate of drug-likeness (QED) is 0.499. The lowest BCUT2D eigenvalue weighted by Gasteiger charge is -2.13. The van der Waals surface area contributed by atoms with E-state index in [4.69, 9.17) is 9.84 Å². The van der Waals surface area contributed by atoms with E-state index in [1.54, 1.807) is 12.1 Å². The van der Waals surface area contributed by atoms with Gasteiger partial charge in [0.25, 0.3) is 0 Å². The van der Waals surface area contributed by atoms with Gasteiger partial charge in [0.1, 0.15) is 5.75 Å². The molecule has 0 saturated carbocycles. The summed E-state index contributed by atoms with van der Waals surface area (Å²) in [6.45, 7) is -0.133. The molecule has 18 heavy (non-hydrogen) atoms. The number of benzene rings is 1. The number of aliphatic hydroxyl groups excluding tert-OH is 2. The Balaban J connectivity index is 2.32. The maximum absolute atomic E-state index is 11.2. The number of aromatic nitrogens is 2. The van der Waals surface area contributed by atoms with Crippen molar-refractivity contribution < 1.29 is 14.9 Å². The van der Waals surface area contributed by atoms with Crippen LogP contribution in [0.15, 0.2) is 16.9 Å². The van der Waals surface area contributed by atoms with E-state index in [2.05, 4.69) is 15.3 Å². The fourth-order valence-corrected chi connectivity index (χ4v) is 1.66. The Hall–Kier alpha value is -1.99. The fraction of sp³-hybridized carbons (Fsp3) is 0.364. The topological polar surface area (TPSA) is 110 Å². The van der Waals surface area contributed by atoms with Crippen LogP contribution in [0.1, 0.15) is 0 Å². The number of methoxy groups -OCH3 is 1. The average molecular weight is 253 g/mol. The number of anilines is 1. The molecule has 1 atom stereocenters. The number of nitrogens with one attached hydrogen (secondary N) is 3. The van der Waals surface area contributed by atoms with Crippen LogP contribution in [0.2, 0.25) is 0 Å². The monoisotopic (exact) mass is 253 g/mol. The van der Waals surface area contributed by atoms with Crippen LogP contribution in [0.5, 0.6) is 5.75 Å². The van der Waals surface area contributed by atoms with Crippen molar-refractivity contribution in [2.75, 3.05) is 25.6 Å². The second-order valence-electron chi connectivity index (χ2n) is 3.89. The molecule has 1 aromatic heterocycles. The number of imidazole rings is 1. The minimum atomic E-state index is -0.851. The van der Waals surface area contributed by atoms with Gasteiger partial charge in [-0.05, 0) is 6.07 Å². The van der Waals surface area contributed by atoms with Gasteiger partial charge in [-0.2, -0.15) is 0 Å². The second kappa shape index (κ2) is 5.11. The first-order valence-electron chi connectivity index (χ1n) is 5.47. The van der Waals surface area contributed by atoms with Gasteiger partial charge < -0.3 is 30.2 Å². The third-order valence-electron chi connectivity index (χ3n) is 2.57. The van der Waals surface area contributed by atoms with Gasteiger partial charge in [-0.3, -0.25) is 0 Å². The summed E-state index contributed by atoms with van der Waals surface area (Å²) < 4.78 is 5.19. The average Bonchev–Trinajstić information content (AvgIpc) is 2.73. The van der Waals surface area contributed by atoms with Crippen LogP contribution in [0.3, 0.4) is 0 Å². The van der Waals surface area contributed by atoms with E-state index in [1.807, 2.05) is 0 Å². The van der Waals surface area contributed by atoms with E-state index in [0.29, 0.717) is 22.5 Å². The lowest BCUT2D eigenvalue weighted by atomic mass is 10.2. The Morgan fingerprint density at radius 1 is 1.39 bits per heavy atom. The van der Waals surface area contributed by atoms with Crippen LogP contribution in [-0.2, 0) is 0 Å². The molecule has 0 aliphatic carbocycles. The molecule has 5 N–H and O–H groups in total. The van der Waals surface area contributed by atoms with Crippen molar-refractivity contribution in [1.82, 2.24) is 9.97 Å². The van der Waals surface area contributed by atoms with E-state index in [9.17, 15) is 9.90 Å². The summed E-state index contributed by atoms with van der Waals surface area (Å²) in [4.78, 5) is 16.4. The first kappa shape index (κ1) is 12.5. The molecule has 1 unspecified atom stereocenters. The van der Waals surface area contributed by atoms with Crippen LogP contribution < -0.4 is 15.7 Å². The molecular formula is C11H15N3O4. The van der Waals surface area contributed by atoms with Gasteiger partial charge in [-0.15, -0.1) is 0 Å². The van der Waals surface area contributed by atoms with Gasteiger partial charge in [-0.25, -0.2) is 4.79 Å². The van der Waals surface area contributed by atoms with Crippen LogP contribution in [-0.4, -0.2) is 46.5 Å². The molecule has 0 bridgehead atoms. The third kappa shape index (κ3) is 2.47. The first-order valence-corrected chi connectivity index (χ1v) is 5.47. The SMILES string of the molecule is COc1cc2[nH]c(=O)[nH]c2cc1NCC(O)CO. The molecule has 2 aromatic rings. The summed E-state index contributed by atoms with van der Waals surface area (Å²) in [5.41, 5.74) is 1.62. The van der Waals surface area contributed by atoms with Crippen LogP contribution >= 0.6 is 0 Å². The van der Waals surface area contributed by atoms with Gasteiger partial charge in [0, 0.05) is 12.6 Å². The van der Waals surface area contributed by atoms with Gasteiger partial charge in [0.05, 0.1) is 36.5 Å². The maximum atomic E-state index is 11.2. The summed E-state index contributed by atoms with van der Waals surface area (Å²) in [6.07, 6.45) is -0.851. The molecule has 1 heterocycles. The Morgan fingerprint density at radius 2 is 2.06 bits per heavy atom. The molecular weight excluding hydrogens is 238 g/mol. The zero-order valence-corrected chi connectivity index (χ0v) is 9.86. The van der Waals surface area contributed by atoms with Gasteiger partial charge in [-0.1, -0.05) is 0 Å². The Bertz CT molecular complexity index is 589. The summed E-state index contributed by atoms with van der Waals surface area (Å²) in [6, 6.07) is 3.39. The van der Waals surface area contributed by atoms with Crippen LogP contribution in [0, 0.1) is 0 Å². The highest BCUT2D eigenvalue weighted by Crippen LogP contribution is 2.28. The van der Waals surface area contributed by atoms with Gasteiger partial charge in [0.2, 0.25) is 0 Å².